The lowest BCUT2D eigenvalue weighted by Gasteiger charge is -2.37. The molecule has 7 heteroatoms. The van der Waals surface area contributed by atoms with Crippen LogP contribution in [0.1, 0.15) is 18.4 Å². The lowest BCUT2D eigenvalue weighted by molar-refractivity contribution is -0.194. The minimum atomic E-state index is -4.58. The van der Waals surface area contributed by atoms with Gasteiger partial charge in [0.2, 0.25) is 0 Å². The van der Waals surface area contributed by atoms with Crippen molar-refractivity contribution >= 4 is 6.09 Å². The summed E-state index contributed by atoms with van der Waals surface area (Å²) in [5, 5.41) is 9.37. The van der Waals surface area contributed by atoms with Gasteiger partial charge in [-0.25, -0.2) is 4.79 Å². The zero-order chi connectivity index (χ0) is 15.5. The Bertz CT molecular complexity index is 478. The predicted octanol–water partition coefficient (Wildman–Crippen LogP) is 2.71. The summed E-state index contributed by atoms with van der Waals surface area (Å²) in [6.45, 7) is -0.248. The molecule has 1 amide bonds. The lowest BCUT2D eigenvalue weighted by atomic mass is 9.99. The molecule has 1 saturated heterocycles. The fourth-order valence-corrected chi connectivity index (χ4v) is 2.28. The molecule has 1 aliphatic rings. The summed E-state index contributed by atoms with van der Waals surface area (Å²) >= 11 is 0. The standard InChI is InChI=1S/C14H16F3NO3/c15-14(16,17)12-8-11(19)6-7-18(12)13(20)21-9-10-4-2-1-3-5-10/h1-5,11-12,19H,6-9H2/t11-,12+/m0/s1. The summed E-state index contributed by atoms with van der Waals surface area (Å²) < 4.78 is 43.7. The van der Waals surface area contributed by atoms with Crippen molar-refractivity contribution < 1.29 is 27.8 Å². The van der Waals surface area contributed by atoms with Crippen molar-refractivity contribution in [3.8, 4) is 0 Å². The SMILES string of the molecule is O=C(OCc1ccccc1)N1CC[C@H](O)C[C@@H]1C(F)(F)F. The van der Waals surface area contributed by atoms with Gasteiger partial charge in [0, 0.05) is 13.0 Å². The number of aliphatic hydroxyl groups excluding tert-OH is 1. The van der Waals surface area contributed by atoms with Crippen molar-refractivity contribution in [3.05, 3.63) is 35.9 Å². The van der Waals surface area contributed by atoms with Gasteiger partial charge in [-0.3, -0.25) is 4.90 Å². The average Bonchev–Trinajstić information content (AvgIpc) is 2.45. The number of aliphatic hydroxyl groups is 1. The molecule has 1 fully saturated rings. The predicted molar refractivity (Wildman–Crippen MR) is 68.4 cm³/mol. The van der Waals surface area contributed by atoms with Gasteiger partial charge in [0.1, 0.15) is 12.6 Å². The topological polar surface area (TPSA) is 49.8 Å². The monoisotopic (exact) mass is 303 g/mol. The molecule has 2 atom stereocenters. The van der Waals surface area contributed by atoms with Crippen LogP contribution >= 0.6 is 0 Å². The molecule has 1 aromatic rings. The Morgan fingerprint density at radius 2 is 2.00 bits per heavy atom. The zero-order valence-corrected chi connectivity index (χ0v) is 11.2. The normalized spacial score (nSPS) is 23.0. The van der Waals surface area contributed by atoms with Gasteiger partial charge in [0.15, 0.2) is 0 Å². The highest BCUT2D eigenvalue weighted by atomic mass is 19.4. The number of likely N-dealkylation sites (tertiary alicyclic amines) is 1. The molecular formula is C14H16F3NO3. The second kappa shape index (κ2) is 6.34. The van der Waals surface area contributed by atoms with E-state index in [1.807, 2.05) is 0 Å². The first-order valence-electron chi connectivity index (χ1n) is 6.60. The number of amides is 1. The average molecular weight is 303 g/mol. The van der Waals surface area contributed by atoms with Crippen molar-refractivity contribution in [2.75, 3.05) is 6.54 Å². The number of nitrogens with zero attached hydrogens (tertiary/aromatic N) is 1. The number of benzene rings is 1. The maximum Gasteiger partial charge on any atom is 0.410 e. The van der Waals surface area contributed by atoms with Crippen LogP contribution in [-0.4, -0.2) is 41.0 Å². The third-order valence-corrected chi connectivity index (χ3v) is 3.39. The van der Waals surface area contributed by atoms with E-state index in [-0.39, 0.29) is 19.6 Å². The molecular weight excluding hydrogens is 287 g/mol. The van der Waals surface area contributed by atoms with E-state index in [0.29, 0.717) is 10.5 Å². The van der Waals surface area contributed by atoms with Gasteiger partial charge >= 0.3 is 12.3 Å². The van der Waals surface area contributed by atoms with Crippen molar-refractivity contribution in [1.82, 2.24) is 4.90 Å². The van der Waals surface area contributed by atoms with Crippen molar-refractivity contribution in [1.29, 1.82) is 0 Å². The number of rotatable bonds is 2. The number of halogens is 3. The van der Waals surface area contributed by atoms with Crippen molar-refractivity contribution in [2.45, 2.75) is 37.8 Å². The Morgan fingerprint density at radius 1 is 1.33 bits per heavy atom. The minimum absolute atomic E-state index is 0.0801. The molecule has 0 aliphatic carbocycles. The second-order valence-electron chi connectivity index (χ2n) is 4.97. The Kier molecular flexibility index (Phi) is 4.72. The summed E-state index contributed by atoms with van der Waals surface area (Å²) in [4.78, 5) is 12.5. The highest BCUT2D eigenvalue weighted by Crippen LogP contribution is 2.32. The van der Waals surface area contributed by atoms with E-state index in [1.54, 1.807) is 30.3 Å². The van der Waals surface area contributed by atoms with E-state index in [2.05, 4.69) is 0 Å². The van der Waals surface area contributed by atoms with Crippen LogP contribution in [0.3, 0.4) is 0 Å². The van der Waals surface area contributed by atoms with Crippen LogP contribution < -0.4 is 0 Å². The second-order valence-corrected chi connectivity index (χ2v) is 4.97. The Morgan fingerprint density at radius 3 is 2.62 bits per heavy atom. The molecule has 116 valence electrons. The molecule has 21 heavy (non-hydrogen) atoms. The largest absolute Gasteiger partial charge is 0.445 e. The summed E-state index contributed by atoms with van der Waals surface area (Å²) in [5.74, 6) is 0. The third kappa shape index (κ3) is 4.10. The van der Waals surface area contributed by atoms with Crippen molar-refractivity contribution in [2.24, 2.45) is 0 Å². The summed E-state index contributed by atoms with van der Waals surface area (Å²) in [5.41, 5.74) is 0.700. The Hall–Kier alpha value is -1.76. The molecule has 0 aromatic heterocycles. The first kappa shape index (κ1) is 15.6. The number of ether oxygens (including phenoxy) is 1. The quantitative estimate of drug-likeness (QED) is 0.914. The molecule has 1 aliphatic heterocycles. The van der Waals surface area contributed by atoms with E-state index in [1.165, 1.54) is 0 Å². The number of carbonyl (C=O) groups is 1. The molecule has 1 N–H and O–H groups in total. The molecule has 1 aromatic carbocycles. The lowest BCUT2D eigenvalue weighted by Crippen LogP contribution is -2.54. The molecule has 0 bridgehead atoms. The van der Waals surface area contributed by atoms with Gasteiger partial charge in [-0.1, -0.05) is 30.3 Å². The Labute approximate surface area is 120 Å². The van der Waals surface area contributed by atoms with Crippen LogP contribution in [0.2, 0.25) is 0 Å². The first-order chi connectivity index (χ1) is 9.88. The zero-order valence-electron chi connectivity index (χ0n) is 11.2. The van der Waals surface area contributed by atoms with E-state index in [4.69, 9.17) is 4.74 Å². The highest BCUT2D eigenvalue weighted by molar-refractivity contribution is 5.68. The molecule has 0 saturated carbocycles. The van der Waals surface area contributed by atoms with E-state index >= 15 is 0 Å². The molecule has 1 heterocycles. The van der Waals surface area contributed by atoms with Gasteiger partial charge in [0.05, 0.1) is 6.10 Å². The van der Waals surface area contributed by atoms with Crippen LogP contribution in [0, 0.1) is 0 Å². The number of alkyl halides is 3. The van der Waals surface area contributed by atoms with Crippen molar-refractivity contribution in [3.63, 3.8) is 0 Å². The van der Waals surface area contributed by atoms with Gasteiger partial charge < -0.3 is 9.84 Å². The minimum Gasteiger partial charge on any atom is -0.445 e. The van der Waals surface area contributed by atoms with Gasteiger partial charge in [0.25, 0.3) is 0 Å². The van der Waals surface area contributed by atoms with Crippen LogP contribution in [-0.2, 0) is 11.3 Å². The number of piperidine rings is 1. The van der Waals surface area contributed by atoms with Gasteiger partial charge in [-0.05, 0) is 12.0 Å². The van der Waals surface area contributed by atoms with E-state index in [9.17, 15) is 23.1 Å². The molecule has 2 rings (SSSR count). The number of hydrogen-bond donors (Lipinski definition) is 1. The van der Waals surface area contributed by atoms with E-state index in [0.717, 1.165) is 0 Å². The first-order valence-corrected chi connectivity index (χ1v) is 6.60. The maximum atomic E-state index is 12.9. The molecule has 4 nitrogen and oxygen atoms in total. The number of hydrogen-bond acceptors (Lipinski definition) is 3. The third-order valence-electron chi connectivity index (χ3n) is 3.39. The van der Waals surface area contributed by atoms with E-state index < -0.39 is 30.8 Å². The highest BCUT2D eigenvalue weighted by Gasteiger charge is 2.48. The van der Waals surface area contributed by atoms with Crippen LogP contribution in [0.25, 0.3) is 0 Å². The Balaban J connectivity index is 1.99. The fourth-order valence-electron chi connectivity index (χ4n) is 2.28. The van der Waals surface area contributed by atoms with Gasteiger partial charge in [-0.2, -0.15) is 13.2 Å². The van der Waals surface area contributed by atoms with Crippen LogP contribution in [0.15, 0.2) is 30.3 Å². The summed E-state index contributed by atoms with van der Waals surface area (Å²) in [6, 6.07) is 6.72. The summed E-state index contributed by atoms with van der Waals surface area (Å²) in [7, 11) is 0. The molecule has 0 radical (unpaired) electrons. The number of carbonyl (C=O) groups excluding carboxylic acids is 1. The van der Waals surface area contributed by atoms with Crippen LogP contribution in [0.5, 0.6) is 0 Å². The maximum absolute atomic E-state index is 12.9. The summed E-state index contributed by atoms with van der Waals surface area (Å²) in [6.07, 6.45) is -7.02. The molecule has 0 unspecified atom stereocenters. The van der Waals surface area contributed by atoms with Gasteiger partial charge in [-0.15, -0.1) is 0 Å². The molecule has 0 spiro atoms. The fraction of sp³-hybridized carbons (Fsp3) is 0.500. The smallest absolute Gasteiger partial charge is 0.410 e. The van der Waals surface area contributed by atoms with Crippen LogP contribution in [0.4, 0.5) is 18.0 Å².